The Kier molecular flexibility index (Phi) is 8.06. The second-order valence-corrected chi connectivity index (χ2v) is 4.05. The number of nitrogens with one attached hydrogen (secondary N) is 2. The van der Waals surface area contributed by atoms with Crippen LogP contribution in [-0.2, 0) is 4.79 Å². The van der Waals surface area contributed by atoms with Crippen molar-refractivity contribution in [1.29, 1.82) is 0 Å². The Balaban J connectivity index is 0.00000324. The number of halogens is 2. The monoisotopic (exact) mass is 306 g/mol. The third-order valence-corrected chi connectivity index (χ3v) is 2.39. The number of hydrogen-bond acceptors (Lipinski definition) is 4. The van der Waals surface area contributed by atoms with E-state index in [9.17, 15) is 9.59 Å². The van der Waals surface area contributed by atoms with E-state index in [1.54, 1.807) is 19.1 Å². The number of nitrogens with zero attached hydrogens (tertiary/aromatic N) is 1. The summed E-state index contributed by atoms with van der Waals surface area (Å²) < 4.78 is 0. The molecule has 0 aliphatic carbocycles. The molecule has 1 aromatic rings. The van der Waals surface area contributed by atoms with Crippen molar-refractivity contribution in [2.45, 2.75) is 6.92 Å². The molecule has 0 aliphatic heterocycles. The number of primary amides is 1. The second-order valence-electron chi connectivity index (χ2n) is 3.67. The zero-order valence-electron chi connectivity index (χ0n) is 10.4. The van der Waals surface area contributed by atoms with Crippen LogP contribution in [0.15, 0.2) is 12.1 Å². The van der Waals surface area contributed by atoms with Crippen molar-refractivity contribution in [3.63, 3.8) is 0 Å². The van der Waals surface area contributed by atoms with E-state index in [1.165, 1.54) is 0 Å². The van der Waals surface area contributed by atoms with Gasteiger partial charge in [0.1, 0.15) is 5.15 Å². The van der Waals surface area contributed by atoms with Gasteiger partial charge in [0.15, 0.2) is 0 Å². The van der Waals surface area contributed by atoms with Crippen LogP contribution in [0.1, 0.15) is 16.1 Å². The van der Waals surface area contributed by atoms with Gasteiger partial charge in [0, 0.05) is 13.1 Å². The highest BCUT2D eigenvalue weighted by Gasteiger charge is 2.09. The molecule has 2 amide bonds. The maximum Gasteiger partial charge on any atom is 0.253 e. The van der Waals surface area contributed by atoms with Gasteiger partial charge in [-0.1, -0.05) is 11.6 Å². The van der Waals surface area contributed by atoms with Crippen molar-refractivity contribution in [3.05, 3.63) is 28.5 Å². The van der Waals surface area contributed by atoms with E-state index in [0.29, 0.717) is 29.5 Å². The largest absolute Gasteiger partial charge is 0.369 e. The van der Waals surface area contributed by atoms with E-state index < -0.39 is 5.91 Å². The second kappa shape index (κ2) is 8.68. The zero-order chi connectivity index (χ0) is 13.5. The Morgan fingerprint density at radius 3 is 2.63 bits per heavy atom. The molecule has 0 saturated heterocycles. The molecule has 106 valence electrons. The minimum absolute atomic E-state index is 0. The standard InChI is InChI=1S/C11H15ClN4O2.ClH/c1-7-8(2-3-9(12)16-7)11(18)15-5-4-14-6-10(13)17;/h2-3,14H,4-6H2,1H3,(H2,13,17)(H,15,18);1H. The maximum atomic E-state index is 11.8. The van der Waals surface area contributed by atoms with Crippen molar-refractivity contribution in [2.24, 2.45) is 5.73 Å². The number of nitrogens with two attached hydrogens (primary N) is 1. The summed E-state index contributed by atoms with van der Waals surface area (Å²) in [6.45, 7) is 2.67. The SMILES string of the molecule is Cc1nc(Cl)ccc1C(=O)NCCNCC(N)=O.Cl. The van der Waals surface area contributed by atoms with Gasteiger partial charge in [-0.2, -0.15) is 0 Å². The lowest BCUT2D eigenvalue weighted by molar-refractivity contribution is -0.117. The highest BCUT2D eigenvalue weighted by Crippen LogP contribution is 2.10. The summed E-state index contributed by atoms with van der Waals surface area (Å²) in [7, 11) is 0. The molecule has 19 heavy (non-hydrogen) atoms. The Bertz CT molecular complexity index is 454. The highest BCUT2D eigenvalue weighted by molar-refractivity contribution is 6.29. The molecule has 0 aromatic carbocycles. The molecule has 0 unspecified atom stereocenters. The van der Waals surface area contributed by atoms with Crippen molar-refractivity contribution < 1.29 is 9.59 Å². The van der Waals surface area contributed by atoms with E-state index in [0.717, 1.165) is 0 Å². The van der Waals surface area contributed by atoms with Crippen LogP contribution in [-0.4, -0.2) is 36.4 Å². The lowest BCUT2D eigenvalue weighted by Crippen LogP contribution is -2.36. The molecular formula is C11H16Cl2N4O2. The molecular weight excluding hydrogens is 291 g/mol. The summed E-state index contributed by atoms with van der Waals surface area (Å²) in [6.07, 6.45) is 0. The first kappa shape index (κ1) is 17.6. The van der Waals surface area contributed by atoms with Crippen LogP contribution in [0.4, 0.5) is 0 Å². The molecule has 0 fully saturated rings. The normalized spacial score (nSPS) is 9.58. The van der Waals surface area contributed by atoms with Crippen molar-refractivity contribution >= 4 is 35.8 Å². The first-order valence-electron chi connectivity index (χ1n) is 5.41. The number of rotatable bonds is 6. The third kappa shape index (κ3) is 6.37. The lowest BCUT2D eigenvalue weighted by Gasteiger charge is -2.07. The number of carbonyl (C=O) groups excluding carboxylic acids is 2. The maximum absolute atomic E-state index is 11.8. The summed E-state index contributed by atoms with van der Waals surface area (Å²) in [5.41, 5.74) is 6.01. The molecule has 0 radical (unpaired) electrons. The van der Waals surface area contributed by atoms with E-state index >= 15 is 0 Å². The van der Waals surface area contributed by atoms with Crippen LogP contribution in [0.25, 0.3) is 0 Å². The van der Waals surface area contributed by atoms with E-state index in [1.807, 2.05) is 0 Å². The number of hydrogen-bond donors (Lipinski definition) is 3. The van der Waals surface area contributed by atoms with Crippen LogP contribution in [0.5, 0.6) is 0 Å². The van der Waals surface area contributed by atoms with Crippen LogP contribution in [0.2, 0.25) is 5.15 Å². The lowest BCUT2D eigenvalue weighted by atomic mass is 10.2. The van der Waals surface area contributed by atoms with Gasteiger partial charge in [-0.3, -0.25) is 9.59 Å². The Morgan fingerprint density at radius 1 is 1.37 bits per heavy atom. The van der Waals surface area contributed by atoms with Crippen molar-refractivity contribution in [3.8, 4) is 0 Å². The van der Waals surface area contributed by atoms with Gasteiger partial charge in [-0.05, 0) is 19.1 Å². The fraction of sp³-hybridized carbons (Fsp3) is 0.364. The van der Waals surface area contributed by atoms with Crippen LogP contribution >= 0.6 is 24.0 Å². The summed E-state index contributed by atoms with van der Waals surface area (Å²) in [5, 5.41) is 5.84. The minimum Gasteiger partial charge on any atom is -0.369 e. The molecule has 0 atom stereocenters. The van der Waals surface area contributed by atoms with E-state index in [-0.39, 0.29) is 24.9 Å². The number of aryl methyl sites for hydroxylation is 1. The summed E-state index contributed by atoms with van der Waals surface area (Å²) in [6, 6.07) is 3.19. The predicted molar refractivity (Wildman–Crippen MR) is 75.6 cm³/mol. The first-order chi connectivity index (χ1) is 8.50. The molecule has 4 N–H and O–H groups in total. The molecule has 0 aliphatic rings. The zero-order valence-corrected chi connectivity index (χ0v) is 12.0. The average Bonchev–Trinajstić information content (AvgIpc) is 2.27. The number of aromatic nitrogens is 1. The molecule has 1 rings (SSSR count). The fourth-order valence-electron chi connectivity index (χ4n) is 1.34. The van der Waals surface area contributed by atoms with Gasteiger partial charge in [-0.15, -0.1) is 12.4 Å². The quantitative estimate of drug-likeness (QED) is 0.519. The number of carbonyl (C=O) groups is 2. The van der Waals surface area contributed by atoms with Crippen molar-refractivity contribution in [1.82, 2.24) is 15.6 Å². The van der Waals surface area contributed by atoms with Crippen molar-refractivity contribution in [2.75, 3.05) is 19.6 Å². The van der Waals surface area contributed by atoms with Gasteiger partial charge in [0.25, 0.3) is 5.91 Å². The molecule has 6 nitrogen and oxygen atoms in total. The van der Waals surface area contributed by atoms with E-state index in [2.05, 4.69) is 15.6 Å². The van der Waals surface area contributed by atoms with Crippen LogP contribution in [0.3, 0.4) is 0 Å². The smallest absolute Gasteiger partial charge is 0.253 e. The van der Waals surface area contributed by atoms with Crippen LogP contribution < -0.4 is 16.4 Å². The molecule has 1 aromatic heterocycles. The predicted octanol–water partition coefficient (Wildman–Crippen LogP) is 0.270. The summed E-state index contributed by atoms with van der Waals surface area (Å²) in [4.78, 5) is 26.2. The van der Waals surface area contributed by atoms with Gasteiger partial charge in [0.2, 0.25) is 5.91 Å². The summed E-state index contributed by atoms with van der Waals surface area (Å²) >= 11 is 5.70. The van der Waals surface area contributed by atoms with Gasteiger partial charge < -0.3 is 16.4 Å². The van der Waals surface area contributed by atoms with Gasteiger partial charge >= 0.3 is 0 Å². The number of pyridine rings is 1. The van der Waals surface area contributed by atoms with E-state index in [4.69, 9.17) is 17.3 Å². The molecule has 1 heterocycles. The Labute approximate surface area is 122 Å². The minimum atomic E-state index is -0.431. The first-order valence-corrected chi connectivity index (χ1v) is 5.79. The van der Waals surface area contributed by atoms with Gasteiger partial charge in [0.05, 0.1) is 17.8 Å². The molecule has 8 heteroatoms. The topological polar surface area (TPSA) is 97.1 Å². The Morgan fingerprint density at radius 2 is 2.05 bits per heavy atom. The fourth-order valence-corrected chi connectivity index (χ4v) is 1.53. The number of amides is 2. The highest BCUT2D eigenvalue weighted by atomic mass is 35.5. The Hall–Kier alpha value is -1.37. The molecule has 0 bridgehead atoms. The van der Waals surface area contributed by atoms with Gasteiger partial charge in [-0.25, -0.2) is 4.98 Å². The van der Waals surface area contributed by atoms with Crippen LogP contribution in [0, 0.1) is 6.92 Å². The molecule has 0 saturated carbocycles. The average molecular weight is 307 g/mol. The third-order valence-electron chi connectivity index (χ3n) is 2.18. The molecule has 0 spiro atoms. The summed E-state index contributed by atoms with van der Waals surface area (Å²) in [5.74, 6) is -0.656.